The lowest BCUT2D eigenvalue weighted by molar-refractivity contribution is 0.0917. The second-order valence-corrected chi connectivity index (χ2v) is 7.38. The van der Waals surface area contributed by atoms with Crippen LogP contribution in [0.5, 0.6) is 5.75 Å². The van der Waals surface area contributed by atoms with Crippen LogP contribution in [0.2, 0.25) is 0 Å². The molecule has 4 rings (SSSR count). The third kappa shape index (κ3) is 3.71. The van der Waals surface area contributed by atoms with E-state index in [2.05, 4.69) is 16.0 Å². The molecule has 2 aromatic rings. The number of hydrogen-bond donors (Lipinski definition) is 4. The Morgan fingerprint density at radius 3 is 2.71 bits per heavy atom. The maximum absolute atomic E-state index is 12.4. The van der Waals surface area contributed by atoms with Gasteiger partial charge in [-0.1, -0.05) is 24.3 Å². The van der Waals surface area contributed by atoms with Crippen molar-refractivity contribution in [1.29, 1.82) is 0 Å². The van der Waals surface area contributed by atoms with E-state index in [0.717, 1.165) is 36.0 Å². The van der Waals surface area contributed by atoms with E-state index in [1.807, 2.05) is 31.2 Å². The van der Waals surface area contributed by atoms with Gasteiger partial charge < -0.3 is 21.1 Å². The number of rotatable bonds is 4. The first kappa shape index (κ1) is 18.1. The van der Waals surface area contributed by atoms with Crippen molar-refractivity contribution in [1.82, 2.24) is 16.0 Å². The Balaban J connectivity index is 1.60. The van der Waals surface area contributed by atoms with Crippen molar-refractivity contribution < 1.29 is 14.7 Å². The number of phenolic OH excluding ortho intramolecular Hbond substituents is 1. The van der Waals surface area contributed by atoms with Crippen molar-refractivity contribution in [3.63, 3.8) is 0 Å². The van der Waals surface area contributed by atoms with Crippen molar-refractivity contribution in [2.45, 2.75) is 38.3 Å². The van der Waals surface area contributed by atoms with Gasteiger partial charge in [0.05, 0.1) is 6.04 Å². The number of aryl methyl sites for hydroxylation is 1. The summed E-state index contributed by atoms with van der Waals surface area (Å²) in [4.78, 5) is 24.6. The Morgan fingerprint density at radius 2 is 2.00 bits per heavy atom. The molecule has 3 amide bonds. The smallest absolute Gasteiger partial charge is 0.319 e. The summed E-state index contributed by atoms with van der Waals surface area (Å²) < 4.78 is 0. The highest BCUT2D eigenvalue weighted by atomic mass is 16.3. The van der Waals surface area contributed by atoms with E-state index < -0.39 is 0 Å². The average molecular weight is 377 g/mol. The van der Waals surface area contributed by atoms with Gasteiger partial charge in [0.2, 0.25) is 0 Å². The van der Waals surface area contributed by atoms with Crippen LogP contribution in [0.4, 0.5) is 4.79 Å². The van der Waals surface area contributed by atoms with Crippen molar-refractivity contribution in [3.05, 3.63) is 70.8 Å². The zero-order valence-electron chi connectivity index (χ0n) is 15.7. The molecule has 0 saturated heterocycles. The van der Waals surface area contributed by atoms with Crippen LogP contribution in [-0.4, -0.2) is 23.1 Å². The minimum atomic E-state index is -0.324. The molecule has 1 saturated carbocycles. The summed E-state index contributed by atoms with van der Waals surface area (Å²) in [5, 5.41) is 18.5. The number of aromatic hydroxyl groups is 1. The predicted molar refractivity (Wildman–Crippen MR) is 107 cm³/mol. The van der Waals surface area contributed by atoms with Gasteiger partial charge in [0.15, 0.2) is 0 Å². The second kappa shape index (κ2) is 7.38. The summed E-state index contributed by atoms with van der Waals surface area (Å²) in [5.41, 5.74) is 3.63. The van der Waals surface area contributed by atoms with Crippen LogP contribution in [-0.2, 0) is 0 Å². The maximum Gasteiger partial charge on any atom is 0.319 e. The number of phenols is 1. The predicted octanol–water partition coefficient (Wildman–Crippen LogP) is 3.38. The van der Waals surface area contributed by atoms with Crippen LogP contribution >= 0.6 is 0 Å². The largest absolute Gasteiger partial charge is 0.508 e. The number of carbonyl (C=O) groups excluding carboxylic acids is 2. The van der Waals surface area contributed by atoms with Crippen molar-refractivity contribution in [3.8, 4) is 5.75 Å². The molecule has 4 N–H and O–H groups in total. The molecular weight excluding hydrogens is 354 g/mol. The highest BCUT2D eigenvalue weighted by molar-refractivity contribution is 5.96. The number of carbonyl (C=O) groups is 2. The number of urea groups is 1. The van der Waals surface area contributed by atoms with E-state index in [4.69, 9.17) is 0 Å². The van der Waals surface area contributed by atoms with E-state index in [-0.39, 0.29) is 29.8 Å². The van der Waals surface area contributed by atoms with Crippen LogP contribution in [0.25, 0.3) is 5.70 Å². The first-order valence-electron chi connectivity index (χ1n) is 9.50. The standard InChI is InChI=1S/C22H23N3O3/c1-13-10-15(8-9-20(13)26)19-12-18(24-22(28)25-19)14-4-2-5-16(11-14)21(27)23-17-6-3-7-17/h2,4-5,8-12,17,19,26H,3,6-7H2,1H3,(H,23,27)(H2,24,25,28). The molecule has 1 aliphatic carbocycles. The molecule has 1 heterocycles. The molecule has 2 aromatic carbocycles. The summed E-state index contributed by atoms with van der Waals surface area (Å²) in [6, 6.07) is 12.2. The topological polar surface area (TPSA) is 90.5 Å². The fourth-order valence-electron chi connectivity index (χ4n) is 3.42. The van der Waals surface area contributed by atoms with E-state index in [9.17, 15) is 14.7 Å². The van der Waals surface area contributed by atoms with Crippen LogP contribution in [0.15, 0.2) is 48.5 Å². The SMILES string of the molecule is Cc1cc(C2C=C(c3cccc(C(=O)NC4CCC4)c3)NC(=O)N2)ccc1O. The molecule has 2 aliphatic rings. The molecule has 0 radical (unpaired) electrons. The lowest BCUT2D eigenvalue weighted by Gasteiger charge is -2.27. The highest BCUT2D eigenvalue weighted by Gasteiger charge is 2.23. The molecule has 0 bridgehead atoms. The normalized spacial score (nSPS) is 19.1. The summed E-state index contributed by atoms with van der Waals surface area (Å²) in [6.45, 7) is 1.82. The van der Waals surface area contributed by atoms with Gasteiger partial charge in [-0.15, -0.1) is 0 Å². The van der Waals surface area contributed by atoms with E-state index in [0.29, 0.717) is 11.3 Å². The van der Waals surface area contributed by atoms with Gasteiger partial charge >= 0.3 is 6.03 Å². The Hall–Kier alpha value is -3.28. The Kier molecular flexibility index (Phi) is 4.77. The van der Waals surface area contributed by atoms with Gasteiger partial charge in [-0.05, 0) is 67.2 Å². The minimum absolute atomic E-state index is 0.0851. The molecule has 0 aromatic heterocycles. The van der Waals surface area contributed by atoms with Gasteiger partial charge in [0.25, 0.3) is 5.91 Å². The molecule has 1 aliphatic heterocycles. The average Bonchev–Trinajstić information content (AvgIpc) is 2.66. The molecule has 6 heteroatoms. The minimum Gasteiger partial charge on any atom is -0.508 e. The number of benzene rings is 2. The van der Waals surface area contributed by atoms with Gasteiger partial charge in [-0.25, -0.2) is 4.79 Å². The molecule has 0 spiro atoms. The molecular formula is C22H23N3O3. The van der Waals surface area contributed by atoms with Crippen LogP contribution in [0.3, 0.4) is 0 Å². The fraction of sp³-hybridized carbons (Fsp3) is 0.273. The third-order valence-electron chi connectivity index (χ3n) is 5.32. The Morgan fingerprint density at radius 1 is 1.18 bits per heavy atom. The first-order valence-corrected chi connectivity index (χ1v) is 9.50. The highest BCUT2D eigenvalue weighted by Crippen LogP contribution is 2.27. The lowest BCUT2D eigenvalue weighted by atomic mass is 9.93. The zero-order valence-corrected chi connectivity index (χ0v) is 15.7. The van der Waals surface area contributed by atoms with Crippen molar-refractivity contribution in [2.24, 2.45) is 0 Å². The van der Waals surface area contributed by atoms with Crippen LogP contribution in [0, 0.1) is 6.92 Å². The van der Waals surface area contributed by atoms with E-state index >= 15 is 0 Å². The molecule has 1 atom stereocenters. The van der Waals surface area contributed by atoms with Gasteiger partial charge in [0, 0.05) is 17.3 Å². The van der Waals surface area contributed by atoms with E-state index in [1.165, 1.54) is 0 Å². The van der Waals surface area contributed by atoms with Gasteiger partial charge in [-0.2, -0.15) is 0 Å². The summed E-state index contributed by atoms with van der Waals surface area (Å²) in [6.07, 6.45) is 5.14. The molecule has 28 heavy (non-hydrogen) atoms. The van der Waals surface area contributed by atoms with Gasteiger partial charge in [0.1, 0.15) is 5.75 Å². The Bertz CT molecular complexity index is 963. The Labute approximate surface area is 163 Å². The third-order valence-corrected chi connectivity index (χ3v) is 5.32. The summed E-state index contributed by atoms with van der Waals surface area (Å²) in [5.74, 6) is 0.136. The fourth-order valence-corrected chi connectivity index (χ4v) is 3.42. The second-order valence-electron chi connectivity index (χ2n) is 7.38. The quantitative estimate of drug-likeness (QED) is 0.658. The van der Waals surface area contributed by atoms with E-state index in [1.54, 1.807) is 24.3 Å². The molecule has 1 unspecified atom stereocenters. The van der Waals surface area contributed by atoms with Crippen LogP contribution < -0.4 is 16.0 Å². The molecule has 6 nitrogen and oxygen atoms in total. The number of nitrogens with one attached hydrogen (secondary N) is 3. The number of hydrogen-bond acceptors (Lipinski definition) is 3. The van der Waals surface area contributed by atoms with Crippen molar-refractivity contribution >= 4 is 17.6 Å². The lowest BCUT2D eigenvalue weighted by Crippen LogP contribution is -2.41. The maximum atomic E-state index is 12.4. The first-order chi connectivity index (χ1) is 13.5. The van der Waals surface area contributed by atoms with Gasteiger partial charge in [-0.3, -0.25) is 4.79 Å². The summed E-state index contributed by atoms with van der Waals surface area (Å²) >= 11 is 0. The van der Waals surface area contributed by atoms with Crippen molar-refractivity contribution in [2.75, 3.05) is 0 Å². The number of amides is 3. The zero-order chi connectivity index (χ0) is 19.7. The monoisotopic (exact) mass is 377 g/mol. The molecule has 1 fully saturated rings. The van der Waals surface area contributed by atoms with Crippen LogP contribution in [0.1, 0.15) is 52.4 Å². The molecule has 144 valence electrons. The summed E-state index contributed by atoms with van der Waals surface area (Å²) in [7, 11) is 0.